The number of hydrogen-bond acceptors (Lipinski definition) is 6. The second-order valence-electron chi connectivity index (χ2n) is 8.24. The van der Waals surface area contributed by atoms with Crippen molar-refractivity contribution < 1.29 is 36.9 Å². The number of halogens is 3. The Hall–Kier alpha value is -3.53. The number of methoxy groups -OCH3 is 4. The van der Waals surface area contributed by atoms with Gasteiger partial charge in [-0.3, -0.25) is 4.79 Å². The predicted molar refractivity (Wildman–Crippen MR) is 134 cm³/mol. The second-order valence-corrected chi connectivity index (χ2v) is 9.38. The lowest BCUT2D eigenvalue weighted by molar-refractivity contribution is -0.0328. The maximum absolute atomic E-state index is 13.7. The molecule has 4 rings (SSSR count). The standard InChI is InChI=1S/C27H26F3NO5S/c1-33-21-10-7-18(14-22(21)34-2)25-20-15-24(36-4)23(35-3)13-17(20)11-12-31(25)26(32)16-5-8-19(9-6-16)37-27(28,29)30/h5-10,13-15,25H,11-12H2,1-4H3. The summed E-state index contributed by atoms with van der Waals surface area (Å²) < 4.78 is 60.1. The zero-order chi connectivity index (χ0) is 26.7. The van der Waals surface area contributed by atoms with Gasteiger partial charge in [0.15, 0.2) is 23.0 Å². The van der Waals surface area contributed by atoms with Crippen LogP contribution >= 0.6 is 11.8 Å². The molecule has 0 bridgehead atoms. The third-order valence-electron chi connectivity index (χ3n) is 6.19. The fourth-order valence-corrected chi connectivity index (χ4v) is 5.05. The van der Waals surface area contributed by atoms with Gasteiger partial charge in [0.1, 0.15) is 0 Å². The number of carbonyl (C=O) groups is 1. The number of amides is 1. The van der Waals surface area contributed by atoms with Crippen LogP contribution in [0.3, 0.4) is 0 Å². The van der Waals surface area contributed by atoms with Crippen molar-refractivity contribution in [2.45, 2.75) is 22.9 Å². The predicted octanol–water partition coefficient (Wildman–Crippen LogP) is 6.12. The van der Waals surface area contributed by atoms with Gasteiger partial charge in [0.2, 0.25) is 0 Å². The number of carbonyl (C=O) groups excluding carboxylic acids is 1. The molecule has 1 heterocycles. The van der Waals surface area contributed by atoms with Crippen molar-refractivity contribution in [2.24, 2.45) is 0 Å². The minimum absolute atomic E-state index is 0.0151. The Bertz CT molecular complexity index is 1280. The smallest absolute Gasteiger partial charge is 0.446 e. The number of hydrogen-bond donors (Lipinski definition) is 0. The summed E-state index contributed by atoms with van der Waals surface area (Å²) in [6.45, 7) is 0.388. The Balaban J connectivity index is 1.79. The molecular weight excluding hydrogens is 507 g/mol. The maximum atomic E-state index is 13.7. The molecule has 196 valence electrons. The van der Waals surface area contributed by atoms with Crippen LogP contribution in [-0.2, 0) is 6.42 Å². The molecule has 1 aliphatic heterocycles. The summed E-state index contributed by atoms with van der Waals surface area (Å²) in [4.78, 5) is 15.5. The van der Waals surface area contributed by atoms with E-state index in [0.717, 1.165) is 16.7 Å². The Kier molecular flexibility index (Phi) is 7.77. The summed E-state index contributed by atoms with van der Waals surface area (Å²) in [5.41, 5.74) is -1.47. The third-order valence-corrected chi connectivity index (χ3v) is 6.93. The van der Waals surface area contributed by atoms with Crippen LogP contribution < -0.4 is 18.9 Å². The highest BCUT2D eigenvalue weighted by Crippen LogP contribution is 2.43. The van der Waals surface area contributed by atoms with Crippen LogP contribution in [-0.4, -0.2) is 51.3 Å². The van der Waals surface area contributed by atoms with Gasteiger partial charge in [0.25, 0.3) is 5.91 Å². The Labute approximate surface area is 217 Å². The van der Waals surface area contributed by atoms with Crippen molar-refractivity contribution >= 4 is 17.7 Å². The highest BCUT2D eigenvalue weighted by Gasteiger charge is 2.35. The van der Waals surface area contributed by atoms with E-state index in [0.29, 0.717) is 41.5 Å². The first kappa shape index (κ1) is 26.5. The van der Waals surface area contributed by atoms with E-state index in [1.807, 2.05) is 24.3 Å². The first-order valence-electron chi connectivity index (χ1n) is 11.3. The van der Waals surface area contributed by atoms with Crippen molar-refractivity contribution in [1.82, 2.24) is 4.90 Å². The molecule has 1 unspecified atom stereocenters. The summed E-state index contributed by atoms with van der Waals surface area (Å²) in [7, 11) is 6.19. The van der Waals surface area contributed by atoms with E-state index in [4.69, 9.17) is 18.9 Å². The number of nitrogens with zero attached hydrogens (tertiary/aromatic N) is 1. The molecule has 37 heavy (non-hydrogen) atoms. The molecule has 6 nitrogen and oxygen atoms in total. The highest BCUT2D eigenvalue weighted by molar-refractivity contribution is 8.00. The van der Waals surface area contributed by atoms with Crippen LogP contribution in [0.4, 0.5) is 13.2 Å². The molecule has 0 spiro atoms. The lowest BCUT2D eigenvalue weighted by atomic mass is 9.87. The largest absolute Gasteiger partial charge is 0.493 e. The van der Waals surface area contributed by atoms with E-state index in [1.165, 1.54) is 31.4 Å². The van der Waals surface area contributed by atoms with Gasteiger partial charge >= 0.3 is 5.51 Å². The molecule has 0 fully saturated rings. The molecule has 1 amide bonds. The number of rotatable bonds is 7. The normalized spacial score (nSPS) is 15.1. The molecule has 3 aromatic rings. The molecule has 0 saturated carbocycles. The molecule has 0 aliphatic carbocycles. The van der Waals surface area contributed by atoms with Gasteiger partial charge in [-0.15, -0.1) is 0 Å². The number of benzene rings is 3. The van der Waals surface area contributed by atoms with Crippen LogP contribution in [0, 0.1) is 0 Å². The van der Waals surface area contributed by atoms with Gasteiger partial charge in [-0.25, -0.2) is 0 Å². The summed E-state index contributed by atoms with van der Waals surface area (Å²) in [6, 6.07) is 14.2. The van der Waals surface area contributed by atoms with E-state index in [9.17, 15) is 18.0 Å². The third kappa shape index (κ3) is 5.58. The summed E-state index contributed by atoms with van der Waals surface area (Å²) in [6.07, 6.45) is 0.563. The van der Waals surface area contributed by atoms with Crippen LogP contribution in [0.15, 0.2) is 59.5 Å². The fourth-order valence-electron chi connectivity index (χ4n) is 4.51. The van der Waals surface area contributed by atoms with Crippen LogP contribution in [0.5, 0.6) is 23.0 Å². The van der Waals surface area contributed by atoms with Gasteiger partial charge in [0, 0.05) is 17.0 Å². The number of alkyl halides is 3. The first-order valence-corrected chi connectivity index (χ1v) is 12.1. The lowest BCUT2D eigenvalue weighted by Gasteiger charge is -2.38. The molecule has 10 heteroatoms. The molecule has 3 aromatic carbocycles. The minimum atomic E-state index is -4.40. The van der Waals surface area contributed by atoms with E-state index in [-0.39, 0.29) is 22.6 Å². The number of fused-ring (bicyclic) bond motifs is 1. The highest BCUT2D eigenvalue weighted by atomic mass is 32.2. The van der Waals surface area contributed by atoms with Crippen LogP contribution in [0.2, 0.25) is 0 Å². The summed E-state index contributed by atoms with van der Waals surface area (Å²) in [5.74, 6) is 1.86. The molecule has 1 aliphatic rings. The van der Waals surface area contributed by atoms with Crippen molar-refractivity contribution in [2.75, 3.05) is 35.0 Å². The van der Waals surface area contributed by atoms with Gasteiger partial charge in [-0.1, -0.05) is 6.07 Å². The minimum Gasteiger partial charge on any atom is -0.493 e. The van der Waals surface area contributed by atoms with Crippen molar-refractivity contribution in [3.63, 3.8) is 0 Å². The van der Waals surface area contributed by atoms with E-state index < -0.39 is 11.6 Å². The van der Waals surface area contributed by atoms with E-state index in [1.54, 1.807) is 32.3 Å². The summed E-state index contributed by atoms with van der Waals surface area (Å²) in [5, 5.41) is 0. The Morgan fingerprint density at radius 1 is 0.838 bits per heavy atom. The monoisotopic (exact) mass is 533 g/mol. The SMILES string of the molecule is COc1ccc(C2c3cc(OC)c(OC)cc3CCN2C(=O)c2ccc(SC(F)(F)F)cc2)cc1OC. The number of ether oxygens (including phenoxy) is 4. The molecule has 0 N–H and O–H groups in total. The molecule has 0 aromatic heterocycles. The molecule has 1 atom stereocenters. The first-order chi connectivity index (χ1) is 17.7. The van der Waals surface area contributed by atoms with Crippen LogP contribution in [0.25, 0.3) is 0 Å². The van der Waals surface area contributed by atoms with Crippen molar-refractivity contribution in [3.05, 3.63) is 76.9 Å². The summed E-state index contributed by atoms with van der Waals surface area (Å²) >= 11 is -0.216. The second kappa shape index (κ2) is 10.8. The maximum Gasteiger partial charge on any atom is 0.446 e. The Morgan fingerprint density at radius 2 is 1.43 bits per heavy atom. The van der Waals surface area contributed by atoms with Crippen molar-refractivity contribution in [3.8, 4) is 23.0 Å². The van der Waals surface area contributed by atoms with Gasteiger partial charge < -0.3 is 23.8 Å². The average molecular weight is 534 g/mol. The lowest BCUT2D eigenvalue weighted by Crippen LogP contribution is -2.40. The van der Waals surface area contributed by atoms with Crippen molar-refractivity contribution in [1.29, 1.82) is 0 Å². The number of thioether (sulfide) groups is 1. The quantitative estimate of drug-likeness (QED) is 0.341. The molecular formula is C27H26F3NO5S. The zero-order valence-corrected chi connectivity index (χ0v) is 21.5. The molecule has 0 radical (unpaired) electrons. The topological polar surface area (TPSA) is 57.2 Å². The van der Waals surface area contributed by atoms with E-state index in [2.05, 4.69) is 0 Å². The van der Waals surface area contributed by atoms with Gasteiger partial charge in [-0.05, 0) is 83.4 Å². The molecule has 0 saturated heterocycles. The van der Waals surface area contributed by atoms with E-state index >= 15 is 0 Å². The van der Waals surface area contributed by atoms with Crippen LogP contribution in [0.1, 0.15) is 33.1 Å². The van der Waals surface area contributed by atoms with Gasteiger partial charge in [-0.2, -0.15) is 13.2 Å². The average Bonchev–Trinajstić information content (AvgIpc) is 2.90. The Morgan fingerprint density at radius 3 is 2.03 bits per heavy atom. The fraction of sp³-hybridized carbons (Fsp3) is 0.296. The zero-order valence-electron chi connectivity index (χ0n) is 20.7. The van der Waals surface area contributed by atoms with Gasteiger partial charge in [0.05, 0.1) is 34.5 Å².